The number of nitrogens with zero attached hydrogens (tertiary/aromatic N) is 1. The summed E-state index contributed by atoms with van der Waals surface area (Å²) in [6.45, 7) is -0.249. The van der Waals surface area contributed by atoms with Crippen LogP contribution in [0.15, 0.2) is 4.99 Å². The fourth-order valence-electron chi connectivity index (χ4n) is 1.16. The third-order valence-electron chi connectivity index (χ3n) is 1.94. The van der Waals surface area contributed by atoms with Gasteiger partial charge in [-0.1, -0.05) is 0 Å². The Morgan fingerprint density at radius 2 is 2.08 bits per heavy atom. The summed E-state index contributed by atoms with van der Waals surface area (Å²) in [5, 5.41) is 37.1. The predicted octanol–water partition coefficient (Wildman–Crippen LogP) is -2.51. The van der Waals surface area contributed by atoms with Crippen LogP contribution in [0.25, 0.3) is 0 Å². The molecule has 1 aliphatic rings. The normalized spacial score (nSPS) is 47.0. The Morgan fingerprint density at radius 1 is 1.46 bits per heavy atom. The highest BCUT2D eigenvalue weighted by Crippen LogP contribution is 2.22. The molecule has 4 atom stereocenters. The van der Waals surface area contributed by atoms with Crippen molar-refractivity contribution in [2.75, 3.05) is 13.7 Å². The first-order chi connectivity index (χ1) is 6.01. The fraction of sp³-hybridized carbons (Fsp3) is 0.857. The van der Waals surface area contributed by atoms with Gasteiger partial charge in [-0.15, -0.1) is 0 Å². The van der Waals surface area contributed by atoms with Crippen molar-refractivity contribution in [3.63, 3.8) is 0 Å². The number of hydrogen-bond donors (Lipinski definition) is 4. The van der Waals surface area contributed by atoms with Gasteiger partial charge in [0.15, 0.2) is 0 Å². The minimum absolute atomic E-state index is 0.249. The average molecular weight is 191 g/mol. The van der Waals surface area contributed by atoms with Gasteiger partial charge in [0.2, 0.25) is 5.79 Å². The van der Waals surface area contributed by atoms with Crippen LogP contribution in [0, 0.1) is 0 Å². The molecule has 0 saturated carbocycles. The molecule has 0 aromatic rings. The highest BCUT2D eigenvalue weighted by atomic mass is 16.6. The molecule has 6 heteroatoms. The van der Waals surface area contributed by atoms with E-state index < -0.39 is 24.1 Å². The maximum absolute atomic E-state index is 9.54. The molecule has 0 amide bonds. The highest BCUT2D eigenvalue weighted by Gasteiger charge is 2.47. The molecular weight excluding hydrogens is 178 g/mol. The first-order valence-electron chi connectivity index (χ1n) is 3.85. The lowest BCUT2D eigenvalue weighted by atomic mass is 9.98. The van der Waals surface area contributed by atoms with Crippen molar-refractivity contribution in [3.05, 3.63) is 0 Å². The number of aliphatic hydroxyl groups excluding tert-OH is 3. The lowest BCUT2D eigenvalue weighted by Gasteiger charge is -2.39. The summed E-state index contributed by atoms with van der Waals surface area (Å²) in [7, 11) is 1.39. The van der Waals surface area contributed by atoms with E-state index in [4.69, 9.17) is 9.84 Å². The lowest BCUT2D eigenvalue weighted by molar-refractivity contribution is -0.283. The molecule has 76 valence electrons. The Labute approximate surface area is 75.1 Å². The van der Waals surface area contributed by atoms with Crippen LogP contribution < -0.4 is 0 Å². The highest BCUT2D eigenvalue weighted by molar-refractivity contribution is 5.67. The second kappa shape index (κ2) is 3.69. The summed E-state index contributed by atoms with van der Waals surface area (Å²) in [5.74, 6) is -2.01. The van der Waals surface area contributed by atoms with E-state index in [0.717, 1.165) is 6.21 Å². The number of ether oxygens (including phenoxy) is 1. The smallest absolute Gasteiger partial charge is 0.232 e. The second-order valence-corrected chi connectivity index (χ2v) is 2.95. The second-order valence-electron chi connectivity index (χ2n) is 2.95. The molecule has 0 aliphatic carbocycles. The zero-order chi connectivity index (χ0) is 10.1. The molecule has 1 heterocycles. The maximum atomic E-state index is 9.54. The van der Waals surface area contributed by atoms with E-state index in [0.29, 0.717) is 0 Å². The van der Waals surface area contributed by atoms with Gasteiger partial charge in [0, 0.05) is 7.05 Å². The van der Waals surface area contributed by atoms with Crippen molar-refractivity contribution in [1.82, 2.24) is 0 Å². The van der Waals surface area contributed by atoms with E-state index in [9.17, 15) is 15.3 Å². The van der Waals surface area contributed by atoms with E-state index in [-0.39, 0.29) is 6.61 Å². The molecule has 1 rings (SSSR count). The summed E-state index contributed by atoms with van der Waals surface area (Å²) < 4.78 is 4.75. The number of hydrogen-bond acceptors (Lipinski definition) is 6. The van der Waals surface area contributed by atoms with E-state index in [1.54, 1.807) is 0 Å². The van der Waals surface area contributed by atoms with Crippen molar-refractivity contribution in [2.45, 2.75) is 24.1 Å². The molecule has 0 aromatic heterocycles. The summed E-state index contributed by atoms with van der Waals surface area (Å²) in [5.41, 5.74) is 0. The molecule has 13 heavy (non-hydrogen) atoms. The van der Waals surface area contributed by atoms with Crippen LogP contribution in [0.4, 0.5) is 0 Å². The van der Waals surface area contributed by atoms with Crippen LogP contribution in [0.1, 0.15) is 0 Å². The molecule has 6 nitrogen and oxygen atoms in total. The van der Waals surface area contributed by atoms with Crippen molar-refractivity contribution in [3.8, 4) is 0 Å². The van der Waals surface area contributed by atoms with Crippen molar-refractivity contribution in [1.29, 1.82) is 0 Å². The van der Waals surface area contributed by atoms with E-state index in [2.05, 4.69) is 4.99 Å². The van der Waals surface area contributed by atoms with Gasteiger partial charge in [-0.2, -0.15) is 0 Å². The van der Waals surface area contributed by atoms with E-state index in [1.807, 2.05) is 0 Å². The molecule has 1 saturated heterocycles. The molecule has 4 N–H and O–H groups in total. The van der Waals surface area contributed by atoms with Crippen LogP contribution in [0.3, 0.4) is 0 Å². The Balaban J connectivity index is 2.79. The zero-order valence-electron chi connectivity index (χ0n) is 7.16. The first-order valence-corrected chi connectivity index (χ1v) is 3.85. The number of aliphatic hydroxyl groups is 4. The average Bonchev–Trinajstić information content (AvgIpc) is 2.10. The van der Waals surface area contributed by atoms with Crippen LogP contribution >= 0.6 is 0 Å². The van der Waals surface area contributed by atoms with Crippen LogP contribution in [0.2, 0.25) is 0 Å². The molecule has 0 spiro atoms. The van der Waals surface area contributed by atoms with E-state index >= 15 is 0 Å². The van der Waals surface area contributed by atoms with Gasteiger partial charge in [-0.3, -0.25) is 4.99 Å². The van der Waals surface area contributed by atoms with Crippen molar-refractivity contribution < 1.29 is 25.2 Å². The summed E-state index contributed by atoms with van der Waals surface area (Å²) >= 11 is 0. The molecule has 1 fully saturated rings. The fourth-order valence-corrected chi connectivity index (χ4v) is 1.16. The molecule has 1 aliphatic heterocycles. The third kappa shape index (κ3) is 1.87. The van der Waals surface area contributed by atoms with Gasteiger partial charge in [0.25, 0.3) is 0 Å². The largest absolute Gasteiger partial charge is 0.388 e. The Hall–Kier alpha value is -0.530. The number of aliphatic imine (C=N–C) groups is 1. The topological polar surface area (TPSA) is 103 Å². The van der Waals surface area contributed by atoms with E-state index in [1.165, 1.54) is 7.05 Å². The van der Waals surface area contributed by atoms with Gasteiger partial charge >= 0.3 is 0 Å². The minimum Gasteiger partial charge on any atom is -0.388 e. The Bertz CT molecular complexity index is 209. The quantitative estimate of drug-likeness (QED) is 0.343. The van der Waals surface area contributed by atoms with Gasteiger partial charge in [-0.05, 0) is 0 Å². The summed E-state index contributed by atoms with van der Waals surface area (Å²) in [6.07, 6.45) is -3.25. The van der Waals surface area contributed by atoms with Crippen molar-refractivity contribution in [2.24, 2.45) is 4.99 Å². The van der Waals surface area contributed by atoms with Gasteiger partial charge in [-0.25, -0.2) is 0 Å². The summed E-state index contributed by atoms with van der Waals surface area (Å²) in [4.78, 5) is 3.49. The standard InChI is InChI=1S/C7H13NO5/c1-8-3-7(12)6(11)5(10)4(9)2-13-7/h3-6,9-12H,2H2,1H3/t4-,5-,6+,7-/m1/s1. The zero-order valence-corrected chi connectivity index (χ0v) is 7.16. The van der Waals surface area contributed by atoms with Crippen LogP contribution in [0.5, 0.6) is 0 Å². The Kier molecular flexibility index (Phi) is 2.99. The molecular formula is C7H13NO5. The maximum Gasteiger partial charge on any atom is 0.232 e. The first kappa shape index (κ1) is 10.6. The monoisotopic (exact) mass is 191 g/mol. The summed E-state index contributed by atoms with van der Waals surface area (Å²) in [6, 6.07) is 0. The van der Waals surface area contributed by atoms with Crippen LogP contribution in [-0.4, -0.2) is 64.4 Å². The predicted molar refractivity (Wildman–Crippen MR) is 43.3 cm³/mol. The molecule has 0 bridgehead atoms. The minimum atomic E-state index is -2.01. The van der Waals surface area contributed by atoms with Gasteiger partial charge in [0.1, 0.15) is 18.3 Å². The molecule has 0 unspecified atom stereocenters. The SMILES string of the molecule is CN=C[C@@]1(O)OC[C@@H](O)[C@@H](O)[C@@H]1O. The van der Waals surface area contributed by atoms with Crippen LogP contribution in [-0.2, 0) is 4.74 Å². The number of rotatable bonds is 1. The molecule has 0 aromatic carbocycles. The molecule has 0 radical (unpaired) electrons. The lowest BCUT2D eigenvalue weighted by Crippen LogP contribution is -2.61. The Morgan fingerprint density at radius 3 is 2.62 bits per heavy atom. The van der Waals surface area contributed by atoms with Gasteiger partial charge in [0.05, 0.1) is 12.8 Å². The third-order valence-corrected chi connectivity index (χ3v) is 1.94. The van der Waals surface area contributed by atoms with Crippen molar-refractivity contribution >= 4 is 6.21 Å². The van der Waals surface area contributed by atoms with Gasteiger partial charge < -0.3 is 25.2 Å².